The van der Waals surface area contributed by atoms with E-state index in [0.29, 0.717) is 19.6 Å². The van der Waals surface area contributed by atoms with Gasteiger partial charge in [-0.05, 0) is 24.8 Å². The Morgan fingerprint density at radius 2 is 2.00 bits per heavy atom. The number of rotatable bonds is 8. The first-order valence-corrected chi connectivity index (χ1v) is 7.24. The zero-order chi connectivity index (χ0) is 15.0. The molecule has 1 saturated carbocycles. The van der Waals surface area contributed by atoms with E-state index in [0.717, 1.165) is 25.7 Å². The largest absolute Gasteiger partial charge is 0.480 e. The molecule has 1 amide bonds. The molecule has 1 aliphatic carbocycles. The maximum atomic E-state index is 12.1. The van der Waals surface area contributed by atoms with Crippen molar-refractivity contribution >= 4 is 11.9 Å². The van der Waals surface area contributed by atoms with Gasteiger partial charge in [-0.25, -0.2) is 4.79 Å². The van der Waals surface area contributed by atoms with Crippen LogP contribution in [0.5, 0.6) is 0 Å². The van der Waals surface area contributed by atoms with Crippen LogP contribution in [0.1, 0.15) is 44.9 Å². The Labute approximate surface area is 120 Å². The van der Waals surface area contributed by atoms with Gasteiger partial charge in [0.1, 0.15) is 6.04 Å². The Morgan fingerprint density at radius 3 is 2.50 bits per heavy atom. The average molecular weight is 286 g/mol. The molecule has 1 aliphatic rings. The lowest BCUT2D eigenvalue weighted by molar-refractivity contribution is -0.142. The number of hydrogen-bond acceptors (Lipinski definition) is 4. The van der Waals surface area contributed by atoms with Crippen molar-refractivity contribution < 1.29 is 19.4 Å². The SMILES string of the molecule is COCCC(NC(=O)CC1(CN)CCCCC1)C(=O)O. The maximum absolute atomic E-state index is 12.1. The van der Waals surface area contributed by atoms with Gasteiger partial charge in [0.25, 0.3) is 0 Å². The molecular formula is C14H26N2O4. The Kier molecular flexibility index (Phi) is 6.95. The van der Waals surface area contributed by atoms with Gasteiger partial charge in [-0.15, -0.1) is 0 Å². The normalized spacial score (nSPS) is 19.3. The predicted molar refractivity (Wildman–Crippen MR) is 75.2 cm³/mol. The molecule has 4 N–H and O–H groups in total. The number of ether oxygens (including phenoxy) is 1. The minimum atomic E-state index is -1.03. The standard InChI is InChI=1S/C14H26N2O4/c1-20-8-5-11(13(18)19)16-12(17)9-14(10-15)6-3-2-4-7-14/h11H,2-10,15H2,1H3,(H,16,17)(H,18,19). The third-order valence-corrected chi connectivity index (χ3v) is 4.13. The van der Waals surface area contributed by atoms with Gasteiger partial charge in [-0.3, -0.25) is 4.79 Å². The lowest BCUT2D eigenvalue weighted by Crippen LogP contribution is -2.45. The number of amides is 1. The van der Waals surface area contributed by atoms with Crippen molar-refractivity contribution in [2.24, 2.45) is 11.1 Å². The highest BCUT2D eigenvalue weighted by atomic mass is 16.5. The highest BCUT2D eigenvalue weighted by Gasteiger charge is 2.34. The van der Waals surface area contributed by atoms with E-state index in [1.165, 1.54) is 13.5 Å². The molecule has 0 heterocycles. The van der Waals surface area contributed by atoms with Crippen LogP contribution in [0, 0.1) is 5.41 Å². The van der Waals surface area contributed by atoms with Crippen molar-refractivity contribution in [3.05, 3.63) is 0 Å². The molecule has 1 rings (SSSR count). The lowest BCUT2D eigenvalue weighted by Gasteiger charge is -2.35. The molecule has 6 nitrogen and oxygen atoms in total. The number of carboxylic acid groups (broad SMARTS) is 1. The molecule has 1 atom stereocenters. The molecule has 116 valence electrons. The van der Waals surface area contributed by atoms with Crippen LogP contribution in [0.15, 0.2) is 0 Å². The number of aliphatic carboxylic acids is 1. The number of carboxylic acids is 1. The number of carbonyl (C=O) groups excluding carboxylic acids is 1. The summed E-state index contributed by atoms with van der Waals surface area (Å²) in [5, 5.41) is 11.7. The van der Waals surface area contributed by atoms with E-state index in [-0.39, 0.29) is 17.7 Å². The number of nitrogens with two attached hydrogens (primary N) is 1. The fraction of sp³-hybridized carbons (Fsp3) is 0.857. The summed E-state index contributed by atoms with van der Waals surface area (Å²) in [4.78, 5) is 23.2. The molecule has 0 spiro atoms. The topological polar surface area (TPSA) is 102 Å². The summed E-state index contributed by atoms with van der Waals surface area (Å²) in [5.74, 6) is -1.25. The fourth-order valence-electron chi connectivity index (χ4n) is 2.83. The summed E-state index contributed by atoms with van der Waals surface area (Å²) < 4.78 is 4.86. The van der Waals surface area contributed by atoms with E-state index in [4.69, 9.17) is 15.6 Å². The van der Waals surface area contributed by atoms with Gasteiger partial charge >= 0.3 is 5.97 Å². The Balaban J connectivity index is 2.53. The maximum Gasteiger partial charge on any atom is 0.326 e. The summed E-state index contributed by atoms with van der Waals surface area (Å²) in [6.07, 6.45) is 5.87. The lowest BCUT2D eigenvalue weighted by atomic mass is 9.71. The van der Waals surface area contributed by atoms with Gasteiger partial charge in [0.05, 0.1) is 0 Å². The summed E-state index contributed by atoms with van der Waals surface area (Å²) in [6, 6.07) is -0.888. The van der Waals surface area contributed by atoms with Crippen LogP contribution in [0.25, 0.3) is 0 Å². The first-order valence-electron chi connectivity index (χ1n) is 7.24. The van der Waals surface area contributed by atoms with Crippen LogP contribution < -0.4 is 11.1 Å². The summed E-state index contributed by atoms with van der Waals surface area (Å²) in [7, 11) is 1.51. The molecular weight excluding hydrogens is 260 g/mol. The van der Waals surface area contributed by atoms with Crippen LogP contribution in [0.3, 0.4) is 0 Å². The molecule has 0 aliphatic heterocycles. The second-order valence-corrected chi connectivity index (χ2v) is 5.68. The van der Waals surface area contributed by atoms with Gasteiger partial charge in [0, 0.05) is 26.6 Å². The number of nitrogens with one attached hydrogen (secondary N) is 1. The van der Waals surface area contributed by atoms with Crippen LogP contribution in [0.4, 0.5) is 0 Å². The number of carbonyl (C=O) groups is 2. The number of methoxy groups -OCH3 is 1. The van der Waals surface area contributed by atoms with E-state index in [2.05, 4.69) is 5.32 Å². The van der Waals surface area contributed by atoms with Crippen molar-refractivity contribution in [1.82, 2.24) is 5.32 Å². The average Bonchev–Trinajstić information content (AvgIpc) is 2.44. The highest BCUT2D eigenvalue weighted by molar-refractivity contribution is 5.83. The molecule has 1 fully saturated rings. The van der Waals surface area contributed by atoms with Crippen LogP contribution >= 0.6 is 0 Å². The van der Waals surface area contributed by atoms with Crippen LogP contribution in [-0.2, 0) is 14.3 Å². The molecule has 6 heteroatoms. The van der Waals surface area contributed by atoms with E-state index in [1.807, 2.05) is 0 Å². The van der Waals surface area contributed by atoms with E-state index in [1.54, 1.807) is 0 Å². The fourth-order valence-corrected chi connectivity index (χ4v) is 2.83. The van der Waals surface area contributed by atoms with Crippen molar-refractivity contribution in [2.75, 3.05) is 20.3 Å². The third-order valence-electron chi connectivity index (χ3n) is 4.13. The van der Waals surface area contributed by atoms with Crippen molar-refractivity contribution in [2.45, 2.75) is 51.0 Å². The summed E-state index contributed by atoms with van der Waals surface area (Å²) >= 11 is 0. The highest BCUT2D eigenvalue weighted by Crippen LogP contribution is 2.38. The quantitative estimate of drug-likeness (QED) is 0.615. The molecule has 0 aromatic carbocycles. The Hall–Kier alpha value is -1.14. The van der Waals surface area contributed by atoms with Gasteiger partial charge in [-0.1, -0.05) is 19.3 Å². The number of hydrogen-bond donors (Lipinski definition) is 3. The molecule has 0 radical (unpaired) electrons. The van der Waals surface area contributed by atoms with Crippen molar-refractivity contribution in [3.63, 3.8) is 0 Å². The molecule has 0 saturated heterocycles. The van der Waals surface area contributed by atoms with Crippen molar-refractivity contribution in [1.29, 1.82) is 0 Å². The van der Waals surface area contributed by atoms with E-state index in [9.17, 15) is 9.59 Å². The first-order chi connectivity index (χ1) is 9.53. The molecule has 1 unspecified atom stereocenters. The molecule has 0 aromatic heterocycles. The van der Waals surface area contributed by atoms with Gasteiger partial charge in [0.15, 0.2) is 0 Å². The van der Waals surface area contributed by atoms with Gasteiger partial charge in [0.2, 0.25) is 5.91 Å². The van der Waals surface area contributed by atoms with Crippen molar-refractivity contribution in [3.8, 4) is 0 Å². The summed E-state index contributed by atoms with van der Waals surface area (Å²) in [5.41, 5.74) is 5.69. The second-order valence-electron chi connectivity index (χ2n) is 5.68. The van der Waals surface area contributed by atoms with E-state index >= 15 is 0 Å². The van der Waals surface area contributed by atoms with E-state index < -0.39 is 12.0 Å². The monoisotopic (exact) mass is 286 g/mol. The van der Waals surface area contributed by atoms with Gasteiger partial charge < -0.3 is 20.9 Å². The zero-order valence-electron chi connectivity index (χ0n) is 12.2. The second kappa shape index (κ2) is 8.21. The molecule has 0 aromatic rings. The van der Waals surface area contributed by atoms with Crippen LogP contribution in [-0.4, -0.2) is 43.3 Å². The summed E-state index contributed by atoms with van der Waals surface area (Å²) in [6.45, 7) is 0.787. The smallest absolute Gasteiger partial charge is 0.326 e. The van der Waals surface area contributed by atoms with Gasteiger partial charge in [-0.2, -0.15) is 0 Å². The Morgan fingerprint density at radius 1 is 1.35 bits per heavy atom. The predicted octanol–water partition coefficient (Wildman–Crippen LogP) is 0.892. The zero-order valence-corrected chi connectivity index (χ0v) is 12.2. The molecule has 20 heavy (non-hydrogen) atoms. The Bertz CT molecular complexity index is 327. The minimum absolute atomic E-state index is 0.146. The third kappa shape index (κ3) is 5.09. The van der Waals surface area contributed by atoms with Crippen LogP contribution in [0.2, 0.25) is 0 Å². The first kappa shape index (κ1) is 16.9. The minimum Gasteiger partial charge on any atom is -0.480 e. The molecule has 0 bridgehead atoms.